The van der Waals surface area contributed by atoms with Crippen LogP contribution in [0.2, 0.25) is 0 Å². The molecule has 1 aliphatic rings. The molecule has 5 heteroatoms. The number of hydrogen-bond acceptors (Lipinski definition) is 3. The quantitative estimate of drug-likeness (QED) is 0.763. The van der Waals surface area contributed by atoms with Crippen molar-refractivity contribution in [3.8, 4) is 0 Å². The summed E-state index contributed by atoms with van der Waals surface area (Å²) in [6.45, 7) is 8.27. The Morgan fingerprint density at radius 3 is 2.36 bits per heavy atom. The molecule has 0 bridgehead atoms. The molecule has 0 unspecified atom stereocenters. The number of carbonyl (C=O) groups excluding carboxylic acids is 1. The molecular weight excluding hydrogens is 350 g/mol. The summed E-state index contributed by atoms with van der Waals surface area (Å²) < 4.78 is 5.52. The van der Waals surface area contributed by atoms with Crippen molar-refractivity contribution >= 4 is 6.03 Å². The largest absolute Gasteiger partial charge is 0.377 e. The van der Waals surface area contributed by atoms with E-state index in [2.05, 4.69) is 52.7 Å². The van der Waals surface area contributed by atoms with E-state index >= 15 is 0 Å². The van der Waals surface area contributed by atoms with Gasteiger partial charge in [0.05, 0.1) is 6.61 Å². The van der Waals surface area contributed by atoms with Gasteiger partial charge in [-0.25, -0.2) is 4.79 Å². The summed E-state index contributed by atoms with van der Waals surface area (Å²) in [6, 6.07) is 18.7. The van der Waals surface area contributed by atoms with Gasteiger partial charge in [0, 0.05) is 45.9 Å². The topological polar surface area (TPSA) is 44.8 Å². The fourth-order valence-electron chi connectivity index (χ4n) is 3.47. The minimum Gasteiger partial charge on any atom is -0.377 e. The Morgan fingerprint density at radius 2 is 1.64 bits per heavy atom. The van der Waals surface area contributed by atoms with Crippen LogP contribution in [-0.4, -0.2) is 55.2 Å². The van der Waals surface area contributed by atoms with Crippen LogP contribution < -0.4 is 5.32 Å². The van der Waals surface area contributed by atoms with E-state index in [1.54, 1.807) is 0 Å². The molecule has 0 atom stereocenters. The molecule has 1 aliphatic heterocycles. The number of amides is 2. The van der Waals surface area contributed by atoms with Crippen LogP contribution in [0.5, 0.6) is 0 Å². The number of piperazine rings is 1. The molecule has 0 radical (unpaired) electrons. The van der Waals surface area contributed by atoms with Crippen molar-refractivity contribution in [2.24, 2.45) is 0 Å². The van der Waals surface area contributed by atoms with Crippen LogP contribution in [0.25, 0.3) is 0 Å². The average molecular weight is 382 g/mol. The zero-order chi connectivity index (χ0) is 19.6. The van der Waals surface area contributed by atoms with Gasteiger partial charge in [-0.2, -0.15) is 0 Å². The van der Waals surface area contributed by atoms with Crippen molar-refractivity contribution in [3.63, 3.8) is 0 Å². The number of nitrogens with one attached hydrogen (secondary N) is 1. The number of benzene rings is 2. The molecule has 0 aromatic heterocycles. The molecular formula is C23H31N3O2. The maximum atomic E-state index is 12.5. The maximum absolute atomic E-state index is 12.5. The Labute approximate surface area is 168 Å². The number of nitrogens with zero attached hydrogens (tertiary/aromatic N) is 2. The van der Waals surface area contributed by atoms with E-state index in [-0.39, 0.29) is 6.03 Å². The zero-order valence-corrected chi connectivity index (χ0v) is 16.8. The van der Waals surface area contributed by atoms with E-state index in [4.69, 9.17) is 4.74 Å². The lowest BCUT2D eigenvalue weighted by molar-refractivity contribution is 0.132. The summed E-state index contributed by atoms with van der Waals surface area (Å²) in [6.07, 6.45) is 1.06. The number of carbonyl (C=O) groups is 1. The molecule has 3 rings (SSSR count). The summed E-state index contributed by atoms with van der Waals surface area (Å²) in [5.41, 5.74) is 3.62. The van der Waals surface area contributed by atoms with Gasteiger partial charge in [-0.1, -0.05) is 54.6 Å². The number of hydrogen-bond donors (Lipinski definition) is 1. The van der Waals surface area contributed by atoms with Crippen LogP contribution in [0.3, 0.4) is 0 Å². The molecule has 0 aliphatic carbocycles. The van der Waals surface area contributed by atoms with Crippen molar-refractivity contribution in [1.29, 1.82) is 0 Å². The zero-order valence-electron chi connectivity index (χ0n) is 16.8. The second-order valence-electron chi connectivity index (χ2n) is 7.13. The molecule has 2 aromatic rings. The lowest BCUT2D eigenvalue weighted by atomic mass is 10.1. The van der Waals surface area contributed by atoms with Crippen LogP contribution in [-0.2, 0) is 24.3 Å². The predicted molar refractivity (Wildman–Crippen MR) is 112 cm³/mol. The molecule has 0 spiro atoms. The summed E-state index contributed by atoms with van der Waals surface area (Å²) in [7, 11) is 0. The fraction of sp³-hybridized carbons (Fsp3) is 0.435. The van der Waals surface area contributed by atoms with Gasteiger partial charge < -0.3 is 15.0 Å². The minimum atomic E-state index is 0.0222. The second kappa shape index (κ2) is 10.8. The first-order valence-electron chi connectivity index (χ1n) is 10.2. The highest BCUT2D eigenvalue weighted by Crippen LogP contribution is 2.11. The lowest BCUT2D eigenvalue weighted by Crippen LogP contribution is -2.51. The predicted octanol–water partition coefficient (Wildman–Crippen LogP) is 3.29. The third kappa shape index (κ3) is 6.08. The van der Waals surface area contributed by atoms with Crippen molar-refractivity contribution in [1.82, 2.24) is 15.1 Å². The molecule has 1 fully saturated rings. The summed E-state index contributed by atoms with van der Waals surface area (Å²) in [5.74, 6) is 0. The normalized spacial score (nSPS) is 14.8. The second-order valence-corrected chi connectivity index (χ2v) is 7.13. The van der Waals surface area contributed by atoms with E-state index in [1.165, 1.54) is 5.56 Å². The summed E-state index contributed by atoms with van der Waals surface area (Å²) in [5, 5.41) is 3.07. The van der Waals surface area contributed by atoms with E-state index in [0.29, 0.717) is 19.8 Å². The van der Waals surface area contributed by atoms with Crippen LogP contribution in [0, 0.1) is 0 Å². The van der Waals surface area contributed by atoms with E-state index in [1.807, 2.05) is 24.0 Å². The van der Waals surface area contributed by atoms with Crippen LogP contribution >= 0.6 is 0 Å². The van der Waals surface area contributed by atoms with Gasteiger partial charge in [-0.15, -0.1) is 0 Å². The monoisotopic (exact) mass is 381 g/mol. The third-order valence-corrected chi connectivity index (χ3v) is 5.23. The highest BCUT2D eigenvalue weighted by molar-refractivity contribution is 5.74. The van der Waals surface area contributed by atoms with E-state index in [9.17, 15) is 4.79 Å². The van der Waals surface area contributed by atoms with Gasteiger partial charge in [0.25, 0.3) is 0 Å². The number of rotatable bonds is 8. The van der Waals surface area contributed by atoms with Gasteiger partial charge >= 0.3 is 6.03 Å². The van der Waals surface area contributed by atoms with E-state index in [0.717, 1.165) is 50.3 Å². The molecule has 1 heterocycles. The Morgan fingerprint density at radius 1 is 0.964 bits per heavy atom. The Bertz CT molecular complexity index is 728. The molecule has 28 heavy (non-hydrogen) atoms. The van der Waals surface area contributed by atoms with Gasteiger partial charge in [0.2, 0.25) is 0 Å². The van der Waals surface area contributed by atoms with Gasteiger partial charge in [0.15, 0.2) is 0 Å². The van der Waals surface area contributed by atoms with Crippen molar-refractivity contribution < 1.29 is 9.53 Å². The fourth-order valence-corrected chi connectivity index (χ4v) is 3.47. The molecule has 0 saturated carbocycles. The van der Waals surface area contributed by atoms with Crippen LogP contribution in [0.4, 0.5) is 4.79 Å². The standard InChI is InChI=1S/C23H31N3O2/c1-2-28-19-22-11-7-6-10-21(22)18-24-23(27)26-16-14-25(15-17-26)13-12-20-8-4-3-5-9-20/h3-11H,2,12-19H2,1H3,(H,24,27). The van der Waals surface area contributed by atoms with Gasteiger partial charge in [0.1, 0.15) is 0 Å². The Kier molecular flexibility index (Phi) is 7.88. The highest BCUT2D eigenvalue weighted by Gasteiger charge is 2.20. The Hall–Kier alpha value is -2.37. The summed E-state index contributed by atoms with van der Waals surface area (Å²) in [4.78, 5) is 16.9. The first-order valence-corrected chi connectivity index (χ1v) is 10.2. The number of ether oxygens (including phenoxy) is 1. The average Bonchev–Trinajstić information content (AvgIpc) is 2.76. The Balaban J connectivity index is 1.40. The van der Waals surface area contributed by atoms with E-state index < -0.39 is 0 Å². The van der Waals surface area contributed by atoms with Gasteiger partial charge in [-0.05, 0) is 30.0 Å². The molecule has 1 N–H and O–H groups in total. The summed E-state index contributed by atoms with van der Waals surface area (Å²) >= 11 is 0. The highest BCUT2D eigenvalue weighted by atomic mass is 16.5. The van der Waals surface area contributed by atoms with Crippen LogP contribution in [0.1, 0.15) is 23.6 Å². The first-order chi connectivity index (χ1) is 13.8. The minimum absolute atomic E-state index is 0.0222. The van der Waals surface area contributed by atoms with Gasteiger partial charge in [-0.3, -0.25) is 4.90 Å². The third-order valence-electron chi connectivity index (χ3n) is 5.23. The molecule has 2 amide bonds. The molecule has 1 saturated heterocycles. The SMILES string of the molecule is CCOCc1ccccc1CNC(=O)N1CCN(CCc2ccccc2)CC1. The van der Waals surface area contributed by atoms with Crippen LogP contribution in [0.15, 0.2) is 54.6 Å². The van der Waals surface area contributed by atoms with Crippen molar-refractivity contribution in [2.45, 2.75) is 26.5 Å². The number of urea groups is 1. The maximum Gasteiger partial charge on any atom is 0.317 e. The first kappa shape index (κ1) is 20.4. The van der Waals surface area contributed by atoms with Crippen molar-refractivity contribution in [2.75, 3.05) is 39.3 Å². The molecule has 150 valence electrons. The molecule has 2 aromatic carbocycles. The van der Waals surface area contributed by atoms with Crippen molar-refractivity contribution in [3.05, 3.63) is 71.3 Å². The lowest BCUT2D eigenvalue weighted by Gasteiger charge is -2.34. The smallest absolute Gasteiger partial charge is 0.317 e. The molecule has 5 nitrogen and oxygen atoms in total.